The molecule has 6 heteroatoms. The van der Waals surface area contributed by atoms with E-state index in [1.165, 1.54) is 11.3 Å². The van der Waals surface area contributed by atoms with Crippen molar-refractivity contribution in [1.82, 2.24) is 4.57 Å². The van der Waals surface area contributed by atoms with Crippen LogP contribution < -0.4 is 5.32 Å². The lowest BCUT2D eigenvalue weighted by atomic mass is 9.96. The molecule has 5 aromatic rings. The van der Waals surface area contributed by atoms with Crippen LogP contribution in [0.25, 0.3) is 34.3 Å². The predicted octanol–water partition coefficient (Wildman–Crippen LogP) is 8.48. The third-order valence-electron chi connectivity index (χ3n) is 7.61. The molecule has 3 aromatic carbocycles. The first-order chi connectivity index (χ1) is 20.6. The van der Waals surface area contributed by atoms with Gasteiger partial charge in [-0.1, -0.05) is 78.4 Å². The Morgan fingerprint density at radius 2 is 1.57 bits per heavy atom. The van der Waals surface area contributed by atoms with Crippen LogP contribution in [0.5, 0.6) is 0 Å². The highest BCUT2D eigenvalue weighted by Crippen LogP contribution is 2.39. The first kappa shape index (κ1) is 27.0. The van der Waals surface area contributed by atoms with Crippen molar-refractivity contribution in [3.63, 3.8) is 0 Å². The van der Waals surface area contributed by atoms with Gasteiger partial charge in [-0.25, -0.2) is 0 Å². The summed E-state index contributed by atoms with van der Waals surface area (Å²) < 4.78 is 2.18. The van der Waals surface area contributed by atoms with Crippen LogP contribution in [0.1, 0.15) is 40.0 Å². The third-order valence-corrected chi connectivity index (χ3v) is 8.82. The van der Waals surface area contributed by atoms with E-state index >= 15 is 0 Å². The Hall–Kier alpha value is -5.17. The zero-order valence-electron chi connectivity index (χ0n) is 23.2. The van der Waals surface area contributed by atoms with Crippen molar-refractivity contribution in [1.29, 1.82) is 10.5 Å². The normalized spacial score (nSPS) is 12.7. The summed E-state index contributed by atoms with van der Waals surface area (Å²) in [5, 5.41) is 23.5. The highest BCUT2D eigenvalue weighted by Gasteiger charge is 2.24. The fourth-order valence-electron chi connectivity index (χ4n) is 5.56. The lowest BCUT2D eigenvalue weighted by Gasteiger charge is -2.15. The van der Waals surface area contributed by atoms with Crippen molar-refractivity contribution in [2.75, 3.05) is 5.32 Å². The highest BCUT2D eigenvalue weighted by atomic mass is 32.1. The van der Waals surface area contributed by atoms with E-state index in [1.54, 1.807) is 6.08 Å². The van der Waals surface area contributed by atoms with Crippen LogP contribution >= 0.6 is 11.3 Å². The van der Waals surface area contributed by atoms with Gasteiger partial charge in [-0.15, -0.1) is 11.3 Å². The van der Waals surface area contributed by atoms with Crippen molar-refractivity contribution in [2.45, 2.75) is 32.6 Å². The van der Waals surface area contributed by atoms with Gasteiger partial charge in [-0.2, -0.15) is 10.5 Å². The first-order valence-corrected chi connectivity index (χ1v) is 14.8. The topological polar surface area (TPSA) is 81.6 Å². The van der Waals surface area contributed by atoms with Gasteiger partial charge in [0.15, 0.2) is 0 Å². The van der Waals surface area contributed by atoms with Gasteiger partial charge < -0.3 is 9.88 Å². The largest absolute Gasteiger partial charge is 0.312 e. The number of hydrogen-bond donors (Lipinski definition) is 1. The molecule has 1 aliphatic carbocycles. The molecule has 0 saturated heterocycles. The zero-order chi connectivity index (χ0) is 29.1. The molecule has 0 spiro atoms. The number of amides is 1. The molecule has 1 amide bonds. The smallest absolute Gasteiger partial charge is 0.266 e. The van der Waals surface area contributed by atoms with Crippen LogP contribution in [-0.2, 0) is 17.6 Å². The van der Waals surface area contributed by atoms with E-state index in [9.17, 15) is 15.3 Å². The molecular weight excluding hydrogens is 536 g/mol. The molecule has 2 heterocycles. The van der Waals surface area contributed by atoms with Gasteiger partial charge in [0.05, 0.1) is 17.0 Å². The standard InChI is InChI=1S/C36H28N4OS/c1-24-16-18-29(19-17-24)40-32(25-10-4-2-5-11-25)21-27(34(40)26-12-6-3-7-13-26)20-28(22-37)35(41)39-36-31(23-38)30-14-8-9-15-33(30)42-36/h2-7,10-13,16-21H,8-9,14-15H2,1H3,(H,39,41)/b28-20+. The van der Waals surface area contributed by atoms with Crippen LogP contribution in [0, 0.1) is 29.6 Å². The minimum absolute atomic E-state index is 0.0249. The molecule has 6 rings (SSSR count). The van der Waals surface area contributed by atoms with E-state index in [4.69, 9.17) is 0 Å². The van der Waals surface area contributed by atoms with Gasteiger partial charge >= 0.3 is 0 Å². The molecule has 0 fully saturated rings. The van der Waals surface area contributed by atoms with Crippen molar-refractivity contribution < 1.29 is 4.79 Å². The fraction of sp³-hybridized carbons (Fsp3) is 0.139. The monoisotopic (exact) mass is 564 g/mol. The van der Waals surface area contributed by atoms with E-state index in [1.807, 2.05) is 54.6 Å². The molecule has 0 radical (unpaired) electrons. The van der Waals surface area contributed by atoms with Crippen molar-refractivity contribution >= 4 is 28.3 Å². The molecule has 1 aliphatic rings. The number of nitrogens with zero attached hydrogens (tertiary/aromatic N) is 3. The lowest BCUT2D eigenvalue weighted by Crippen LogP contribution is -2.13. The minimum Gasteiger partial charge on any atom is -0.312 e. The third kappa shape index (κ3) is 5.17. The number of aryl methyl sites for hydroxylation is 2. The van der Waals surface area contributed by atoms with Crippen LogP contribution in [0.4, 0.5) is 5.00 Å². The van der Waals surface area contributed by atoms with E-state index < -0.39 is 5.91 Å². The number of carbonyl (C=O) groups excluding carboxylic acids is 1. The second-order valence-electron chi connectivity index (χ2n) is 10.4. The predicted molar refractivity (Wildman–Crippen MR) is 169 cm³/mol. The molecule has 0 bridgehead atoms. The number of hydrogen-bond acceptors (Lipinski definition) is 4. The Balaban J connectivity index is 1.50. The summed E-state index contributed by atoms with van der Waals surface area (Å²) >= 11 is 1.46. The Kier molecular flexibility index (Phi) is 7.56. The number of rotatable bonds is 6. The maximum absolute atomic E-state index is 13.5. The number of benzene rings is 3. The minimum atomic E-state index is -0.518. The molecule has 0 unspecified atom stereocenters. The van der Waals surface area contributed by atoms with Crippen LogP contribution in [0.3, 0.4) is 0 Å². The molecule has 0 atom stereocenters. The summed E-state index contributed by atoms with van der Waals surface area (Å²) in [6.45, 7) is 2.06. The Labute approximate surface area is 249 Å². The summed E-state index contributed by atoms with van der Waals surface area (Å²) in [4.78, 5) is 14.7. The summed E-state index contributed by atoms with van der Waals surface area (Å²) in [5.74, 6) is -0.518. The molecule has 5 nitrogen and oxygen atoms in total. The van der Waals surface area contributed by atoms with E-state index in [0.29, 0.717) is 10.6 Å². The molecule has 42 heavy (non-hydrogen) atoms. The highest BCUT2D eigenvalue weighted by molar-refractivity contribution is 7.16. The summed E-state index contributed by atoms with van der Waals surface area (Å²) in [7, 11) is 0. The van der Waals surface area contributed by atoms with Crippen LogP contribution in [0.15, 0.2) is 96.6 Å². The molecular formula is C36H28N4OS. The molecule has 0 aliphatic heterocycles. The zero-order valence-corrected chi connectivity index (χ0v) is 24.0. The van der Waals surface area contributed by atoms with Crippen molar-refractivity contribution in [2.24, 2.45) is 0 Å². The van der Waals surface area contributed by atoms with Crippen molar-refractivity contribution in [3.05, 3.63) is 124 Å². The summed E-state index contributed by atoms with van der Waals surface area (Å²) in [5.41, 5.74) is 8.22. The number of thiophene rings is 1. The second kappa shape index (κ2) is 11.7. The van der Waals surface area contributed by atoms with E-state index in [-0.39, 0.29) is 5.57 Å². The second-order valence-corrected chi connectivity index (χ2v) is 11.5. The van der Waals surface area contributed by atoms with Gasteiger partial charge in [-0.05, 0) is 73.6 Å². The number of nitriles is 2. The van der Waals surface area contributed by atoms with E-state index in [0.717, 1.165) is 75.5 Å². The van der Waals surface area contributed by atoms with Crippen LogP contribution in [0.2, 0.25) is 0 Å². The number of carbonyl (C=O) groups is 1. The average Bonchev–Trinajstić information content (AvgIpc) is 3.58. The Morgan fingerprint density at radius 3 is 2.24 bits per heavy atom. The molecule has 0 saturated carbocycles. The van der Waals surface area contributed by atoms with Gasteiger partial charge in [0.25, 0.3) is 5.91 Å². The maximum atomic E-state index is 13.5. The first-order valence-electron chi connectivity index (χ1n) is 14.0. The Morgan fingerprint density at radius 1 is 0.905 bits per heavy atom. The number of aromatic nitrogens is 1. The quantitative estimate of drug-likeness (QED) is 0.166. The molecule has 204 valence electrons. The lowest BCUT2D eigenvalue weighted by molar-refractivity contribution is -0.112. The van der Waals surface area contributed by atoms with Gasteiger partial charge in [0.2, 0.25) is 0 Å². The fourth-order valence-corrected chi connectivity index (χ4v) is 6.80. The number of fused-ring (bicyclic) bond motifs is 1. The molecule has 1 N–H and O–H groups in total. The van der Waals surface area contributed by atoms with Gasteiger partial charge in [0.1, 0.15) is 22.7 Å². The van der Waals surface area contributed by atoms with Gasteiger partial charge in [-0.3, -0.25) is 4.79 Å². The Bertz CT molecular complexity index is 1880. The van der Waals surface area contributed by atoms with Gasteiger partial charge in [0, 0.05) is 16.1 Å². The van der Waals surface area contributed by atoms with Crippen molar-refractivity contribution in [3.8, 4) is 40.3 Å². The average molecular weight is 565 g/mol. The number of nitrogens with one attached hydrogen (secondary N) is 1. The van der Waals surface area contributed by atoms with Crippen LogP contribution in [-0.4, -0.2) is 10.5 Å². The summed E-state index contributed by atoms with van der Waals surface area (Å²) in [6.07, 6.45) is 5.55. The summed E-state index contributed by atoms with van der Waals surface area (Å²) in [6, 6.07) is 34.9. The molecule has 2 aromatic heterocycles. The SMILES string of the molecule is Cc1ccc(-n2c(-c3ccccc3)cc(/C=C(\C#N)C(=O)Nc3sc4c(c3C#N)CCCC4)c2-c2ccccc2)cc1. The number of anilines is 1. The van der Waals surface area contributed by atoms with E-state index in [2.05, 4.69) is 65.3 Å². The maximum Gasteiger partial charge on any atom is 0.266 e.